The molecule has 130 valence electrons. The van der Waals surface area contributed by atoms with E-state index in [4.69, 9.17) is 11.6 Å². The average Bonchev–Trinajstić information content (AvgIpc) is 3.13. The Labute approximate surface area is 155 Å². The van der Waals surface area contributed by atoms with Crippen molar-refractivity contribution in [2.45, 2.75) is 31.2 Å². The zero-order valence-electron chi connectivity index (χ0n) is 14.0. The number of nitrogens with one attached hydrogen (secondary N) is 1. The molecule has 5 heteroatoms. The number of para-hydroxylation sites is 1. The Morgan fingerprint density at radius 3 is 2.69 bits per heavy atom. The molecule has 0 saturated carbocycles. The highest BCUT2D eigenvalue weighted by Gasteiger charge is 2.44. The SMILES string of the molecule is O=C1NC(=O)[C@@H](c2cccc(Cl)c2)[C@H]1c1cn2c3c(cccc13)CCC2. The number of hydrogen-bond acceptors (Lipinski definition) is 2. The minimum absolute atomic E-state index is 0.233. The second-order valence-electron chi connectivity index (χ2n) is 7.06. The highest BCUT2D eigenvalue weighted by Crippen LogP contribution is 2.42. The zero-order chi connectivity index (χ0) is 17.8. The van der Waals surface area contributed by atoms with E-state index in [1.807, 2.05) is 18.2 Å². The Balaban J connectivity index is 1.71. The van der Waals surface area contributed by atoms with Gasteiger partial charge in [-0.3, -0.25) is 14.9 Å². The summed E-state index contributed by atoms with van der Waals surface area (Å²) < 4.78 is 2.23. The molecular weight excluding hydrogens is 348 g/mol. The van der Waals surface area contributed by atoms with Gasteiger partial charge in [0.25, 0.3) is 0 Å². The second-order valence-corrected chi connectivity index (χ2v) is 7.49. The van der Waals surface area contributed by atoms with Crippen LogP contribution in [0.2, 0.25) is 5.02 Å². The number of nitrogens with zero attached hydrogens (tertiary/aromatic N) is 1. The first-order valence-corrected chi connectivity index (χ1v) is 9.22. The number of aryl methyl sites for hydroxylation is 2. The summed E-state index contributed by atoms with van der Waals surface area (Å²) in [5.41, 5.74) is 4.21. The highest BCUT2D eigenvalue weighted by atomic mass is 35.5. The minimum atomic E-state index is -0.551. The van der Waals surface area contributed by atoms with Crippen LogP contribution in [0.4, 0.5) is 0 Å². The van der Waals surface area contributed by atoms with Gasteiger partial charge in [0.05, 0.1) is 17.4 Å². The van der Waals surface area contributed by atoms with Gasteiger partial charge in [-0.15, -0.1) is 0 Å². The molecule has 2 aromatic carbocycles. The first-order valence-electron chi connectivity index (χ1n) is 8.84. The van der Waals surface area contributed by atoms with Crippen LogP contribution in [0.25, 0.3) is 10.9 Å². The molecule has 3 aromatic rings. The van der Waals surface area contributed by atoms with Gasteiger partial charge in [-0.05, 0) is 41.7 Å². The maximum atomic E-state index is 12.7. The number of hydrogen-bond donors (Lipinski definition) is 1. The Hall–Kier alpha value is -2.59. The van der Waals surface area contributed by atoms with Crippen LogP contribution in [-0.4, -0.2) is 16.4 Å². The number of benzene rings is 2. The number of amides is 2. The lowest BCUT2D eigenvalue weighted by Gasteiger charge is -2.16. The van der Waals surface area contributed by atoms with Crippen LogP contribution in [-0.2, 0) is 22.6 Å². The Morgan fingerprint density at radius 2 is 1.85 bits per heavy atom. The minimum Gasteiger partial charge on any atom is -0.347 e. The molecule has 2 aliphatic heterocycles. The number of halogens is 1. The number of carbonyl (C=O) groups excluding carboxylic acids is 2. The van der Waals surface area contributed by atoms with Crippen LogP contribution in [0.1, 0.15) is 34.9 Å². The van der Waals surface area contributed by atoms with Crippen LogP contribution < -0.4 is 5.32 Å². The van der Waals surface area contributed by atoms with Gasteiger partial charge in [-0.2, -0.15) is 0 Å². The summed E-state index contributed by atoms with van der Waals surface area (Å²) in [7, 11) is 0. The molecule has 2 amide bonds. The molecule has 1 N–H and O–H groups in total. The van der Waals surface area contributed by atoms with Crippen molar-refractivity contribution in [1.29, 1.82) is 0 Å². The van der Waals surface area contributed by atoms with E-state index < -0.39 is 11.8 Å². The fourth-order valence-corrected chi connectivity index (χ4v) is 4.67. The molecule has 26 heavy (non-hydrogen) atoms. The molecule has 3 heterocycles. The molecule has 1 fully saturated rings. The lowest BCUT2D eigenvalue weighted by molar-refractivity contribution is -0.125. The molecule has 0 bridgehead atoms. The predicted octanol–water partition coefficient (Wildman–Crippen LogP) is 3.76. The summed E-state index contributed by atoms with van der Waals surface area (Å²) >= 11 is 6.13. The highest BCUT2D eigenvalue weighted by molar-refractivity contribution is 6.30. The Bertz CT molecular complexity index is 1070. The number of aromatic nitrogens is 1. The maximum absolute atomic E-state index is 12.7. The summed E-state index contributed by atoms with van der Waals surface area (Å²) in [6, 6.07) is 13.5. The van der Waals surface area contributed by atoms with Gasteiger partial charge >= 0.3 is 0 Å². The molecule has 1 aromatic heterocycles. The second kappa shape index (κ2) is 5.71. The summed E-state index contributed by atoms with van der Waals surface area (Å²) in [6.07, 6.45) is 4.20. The first-order chi connectivity index (χ1) is 12.6. The number of carbonyl (C=O) groups is 2. The molecule has 0 radical (unpaired) electrons. The average molecular weight is 365 g/mol. The van der Waals surface area contributed by atoms with E-state index >= 15 is 0 Å². The topological polar surface area (TPSA) is 51.1 Å². The van der Waals surface area contributed by atoms with Crippen molar-refractivity contribution >= 4 is 34.3 Å². The van der Waals surface area contributed by atoms with Gasteiger partial charge in [0.15, 0.2) is 0 Å². The van der Waals surface area contributed by atoms with E-state index in [1.54, 1.807) is 12.1 Å². The van der Waals surface area contributed by atoms with Crippen molar-refractivity contribution in [3.63, 3.8) is 0 Å². The van der Waals surface area contributed by atoms with E-state index in [1.165, 1.54) is 11.1 Å². The van der Waals surface area contributed by atoms with Crippen LogP contribution >= 0.6 is 11.6 Å². The van der Waals surface area contributed by atoms with Crippen LogP contribution in [0.5, 0.6) is 0 Å². The van der Waals surface area contributed by atoms with Crippen LogP contribution in [0.15, 0.2) is 48.7 Å². The van der Waals surface area contributed by atoms with Crippen molar-refractivity contribution in [1.82, 2.24) is 9.88 Å². The molecule has 0 aliphatic carbocycles. The van der Waals surface area contributed by atoms with Gasteiger partial charge in [0.2, 0.25) is 11.8 Å². The molecule has 0 spiro atoms. The third-order valence-corrected chi connectivity index (χ3v) is 5.78. The molecule has 2 aliphatic rings. The number of rotatable bonds is 2. The monoisotopic (exact) mass is 364 g/mol. The third kappa shape index (κ3) is 2.22. The van der Waals surface area contributed by atoms with E-state index in [0.29, 0.717) is 5.02 Å². The standard InChI is InChI=1S/C21H17ClN2O2/c22-14-7-1-5-13(10-14)17-18(21(26)23-20(17)25)16-11-24-9-3-6-12-4-2-8-15(16)19(12)24/h1-2,4-5,7-8,10-11,17-18H,3,6,9H2,(H,23,25,26)/t17-,18+/m0/s1. The summed E-state index contributed by atoms with van der Waals surface area (Å²) in [6.45, 7) is 0.942. The molecular formula is C21H17ClN2O2. The van der Waals surface area contributed by atoms with Crippen molar-refractivity contribution in [3.05, 3.63) is 70.4 Å². The van der Waals surface area contributed by atoms with Gasteiger partial charge in [0, 0.05) is 23.2 Å². The van der Waals surface area contributed by atoms with Crippen molar-refractivity contribution < 1.29 is 9.59 Å². The van der Waals surface area contributed by atoms with Crippen LogP contribution in [0, 0.1) is 0 Å². The molecule has 4 nitrogen and oxygen atoms in total. The lowest BCUT2D eigenvalue weighted by Crippen LogP contribution is -2.21. The molecule has 1 saturated heterocycles. The normalized spacial score (nSPS) is 22.0. The van der Waals surface area contributed by atoms with E-state index in [2.05, 4.69) is 28.2 Å². The molecule has 5 rings (SSSR count). The van der Waals surface area contributed by atoms with E-state index in [9.17, 15) is 9.59 Å². The largest absolute Gasteiger partial charge is 0.347 e. The van der Waals surface area contributed by atoms with Gasteiger partial charge in [-0.25, -0.2) is 0 Å². The quantitative estimate of drug-likeness (QED) is 0.704. The summed E-state index contributed by atoms with van der Waals surface area (Å²) in [5, 5.41) is 4.16. The zero-order valence-corrected chi connectivity index (χ0v) is 14.8. The van der Waals surface area contributed by atoms with E-state index in [0.717, 1.165) is 35.9 Å². The Morgan fingerprint density at radius 1 is 1.04 bits per heavy atom. The number of imide groups is 1. The maximum Gasteiger partial charge on any atom is 0.235 e. The Kier molecular flexibility index (Phi) is 3.44. The summed E-state index contributed by atoms with van der Waals surface area (Å²) in [4.78, 5) is 25.3. The van der Waals surface area contributed by atoms with Crippen molar-refractivity contribution in [2.24, 2.45) is 0 Å². The van der Waals surface area contributed by atoms with Crippen molar-refractivity contribution in [2.75, 3.05) is 0 Å². The fourth-order valence-electron chi connectivity index (χ4n) is 4.48. The van der Waals surface area contributed by atoms with Crippen molar-refractivity contribution in [3.8, 4) is 0 Å². The smallest absolute Gasteiger partial charge is 0.235 e. The third-order valence-electron chi connectivity index (χ3n) is 5.55. The lowest BCUT2D eigenvalue weighted by atomic mass is 9.83. The fraction of sp³-hybridized carbons (Fsp3) is 0.238. The van der Waals surface area contributed by atoms with E-state index in [-0.39, 0.29) is 11.8 Å². The van der Waals surface area contributed by atoms with Gasteiger partial charge < -0.3 is 4.57 Å². The molecule has 0 unspecified atom stereocenters. The molecule has 2 atom stereocenters. The predicted molar refractivity (Wildman–Crippen MR) is 100 cm³/mol. The van der Waals surface area contributed by atoms with Gasteiger partial charge in [-0.1, -0.05) is 41.9 Å². The summed E-state index contributed by atoms with van der Waals surface area (Å²) in [5.74, 6) is -1.57. The first kappa shape index (κ1) is 15.6. The van der Waals surface area contributed by atoms with Gasteiger partial charge in [0.1, 0.15) is 0 Å². The van der Waals surface area contributed by atoms with Crippen LogP contribution in [0.3, 0.4) is 0 Å².